The summed E-state index contributed by atoms with van der Waals surface area (Å²) in [5, 5.41) is 3.15. The highest BCUT2D eigenvalue weighted by atomic mass is 16.1. The van der Waals surface area contributed by atoms with Gasteiger partial charge in [0.15, 0.2) is 0 Å². The smallest absolute Gasteiger partial charge is 0.251 e. The van der Waals surface area contributed by atoms with Crippen LogP contribution in [0.2, 0.25) is 0 Å². The van der Waals surface area contributed by atoms with Gasteiger partial charge in [0, 0.05) is 17.3 Å². The lowest BCUT2D eigenvalue weighted by Gasteiger charge is -2.28. The summed E-state index contributed by atoms with van der Waals surface area (Å²) in [6.07, 6.45) is 6.41. The minimum Gasteiger partial charge on any atom is -0.399 e. The molecule has 1 aliphatic carbocycles. The van der Waals surface area contributed by atoms with Crippen LogP contribution in [0.4, 0.5) is 5.69 Å². The van der Waals surface area contributed by atoms with Gasteiger partial charge in [-0.3, -0.25) is 4.79 Å². The first-order chi connectivity index (χ1) is 9.08. The fourth-order valence-corrected chi connectivity index (χ4v) is 2.98. The zero-order valence-corrected chi connectivity index (χ0v) is 11.9. The van der Waals surface area contributed by atoms with E-state index >= 15 is 0 Å². The highest BCUT2D eigenvalue weighted by molar-refractivity contribution is 5.96. The quantitative estimate of drug-likeness (QED) is 0.819. The van der Waals surface area contributed by atoms with Crippen LogP contribution in [0.15, 0.2) is 18.2 Å². The maximum absolute atomic E-state index is 12.3. The predicted octanol–water partition coefficient (Wildman–Crippen LogP) is 3.28. The Hall–Kier alpha value is -1.51. The number of hydrogen-bond donors (Lipinski definition) is 2. The molecule has 0 radical (unpaired) electrons. The van der Waals surface area contributed by atoms with E-state index in [1.807, 2.05) is 19.1 Å². The molecule has 1 aromatic rings. The van der Waals surface area contributed by atoms with Crippen molar-refractivity contribution in [2.75, 3.05) is 5.73 Å². The number of carbonyl (C=O) groups excluding carboxylic acids is 1. The SMILES string of the molecule is Cc1cc(N)ccc1C(=O)NC(C)C1CCCCC1. The van der Waals surface area contributed by atoms with Crippen molar-refractivity contribution in [3.63, 3.8) is 0 Å². The van der Waals surface area contributed by atoms with E-state index in [9.17, 15) is 4.79 Å². The average Bonchev–Trinajstić information content (AvgIpc) is 2.39. The molecule has 0 aliphatic heterocycles. The molecule has 1 saturated carbocycles. The van der Waals surface area contributed by atoms with Crippen LogP contribution in [0.25, 0.3) is 0 Å². The third kappa shape index (κ3) is 3.49. The molecule has 1 amide bonds. The number of rotatable bonds is 3. The Balaban J connectivity index is 1.99. The molecule has 1 fully saturated rings. The van der Waals surface area contributed by atoms with Crippen molar-refractivity contribution in [3.05, 3.63) is 29.3 Å². The molecular weight excluding hydrogens is 236 g/mol. The van der Waals surface area contributed by atoms with Crippen LogP contribution in [0, 0.1) is 12.8 Å². The summed E-state index contributed by atoms with van der Waals surface area (Å²) < 4.78 is 0. The van der Waals surface area contributed by atoms with E-state index < -0.39 is 0 Å². The van der Waals surface area contributed by atoms with E-state index in [0.29, 0.717) is 11.6 Å². The lowest BCUT2D eigenvalue weighted by Crippen LogP contribution is -2.39. The van der Waals surface area contributed by atoms with Gasteiger partial charge in [-0.15, -0.1) is 0 Å². The Kier molecular flexibility index (Phi) is 4.46. The Morgan fingerprint density at radius 2 is 2.00 bits per heavy atom. The summed E-state index contributed by atoms with van der Waals surface area (Å²) >= 11 is 0. The molecule has 19 heavy (non-hydrogen) atoms. The Morgan fingerprint density at radius 1 is 1.32 bits per heavy atom. The highest BCUT2D eigenvalue weighted by Crippen LogP contribution is 2.26. The Bertz CT molecular complexity index is 450. The maximum Gasteiger partial charge on any atom is 0.251 e. The van der Waals surface area contributed by atoms with Gasteiger partial charge in [0.1, 0.15) is 0 Å². The van der Waals surface area contributed by atoms with Gasteiger partial charge in [-0.1, -0.05) is 19.3 Å². The number of anilines is 1. The molecule has 0 bridgehead atoms. The zero-order chi connectivity index (χ0) is 13.8. The third-order valence-corrected chi connectivity index (χ3v) is 4.21. The standard InChI is InChI=1S/C16H24N2O/c1-11-10-14(17)8-9-15(11)16(19)18-12(2)13-6-4-3-5-7-13/h8-10,12-13H,3-7,17H2,1-2H3,(H,18,19). The Labute approximate surface area is 115 Å². The summed E-state index contributed by atoms with van der Waals surface area (Å²) in [5.74, 6) is 0.655. The van der Waals surface area contributed by atoms with E-state index in [1.54, 1.807) is 6.07 Å². The van der Waals surface area contributed by atoms with Gasteiger partial charge in [0.05, 0.1) is 0 Å². The average molecular weight is 260 g/mol. The molecule has 1 aliphatic rings. The van der Waals surface area contributed by atoms with Crippen molar-refractivity contribution in [1.82, 2.24) is 5.32 Å². The topological polar surface area (TPSA) is 55.1 Å². The lowest BCUT2D eigenvalue weighted by molar-refractivity contribution is 0.0918. The molecule has 0 heterocycles. The molecular formula is C16H24N2O. The Morgan fingerprint density at radius 3 is 2.63 bits per heavy atom. The van der Waals surface area contributed by atoms with Gasteiger partial charge in [-0.05, 0) is 56.4 Å². The molecule has 0 spiro atoms. The van der Waals surface area contributed by atoms with E-state index in [2.05, 4.69) is 12.2 Å². The second-order valence-corrected chi connectivity index (χ2v) is 5.73. The van der Waals surface area contributed by atoms with Gasteiger partial charge < -0.3 is 11.1 Å². The number of benzene rings is 1. The molecule has 2 rings (SSSR count). The monoisotopic (exact) mass is 260 g/mol. The summed E-state index contributed by atoms with van der Waals surface area (Å²) in [7, 11) is 0. The number of amides is 1. The minimum atomic E-state index is 0.0237. The number of nitrogens with two attached hydrogens (primary N) is 1. The van der Waals surface area contributed by atoms with Crippen LogP contribution in [0.5, 0.6) is 0 Å². The maximum atomic E-state index is 12.3. The second-order valence-electron chi connectivity index (χ2n) is 5.73. The third-order valence-electron chi connectivity index (χ3n) is 4.21. The van der Waals surface area contributed by atoms with Crippen LogP contribution >= 0.6 is 0 Å². The summed E-state index contributed by atoms with van der Waals surface area (Å²) in [5.41, 5.74) is 8.09. The number of carbonyl (C=O) groups is 1. The van der Waals surface area contributed by atoms with Crippen LogP contribution in [0.3, 0.4) is 0 Å². The van der Waals surface area contributed by atoms with Crippen molar-refractivity contribution in [1.29, 1.82) is 0 Å². The molecule has 0 saturated heterocycles. The van der Waals surface area contributed by atoms with Crippen LogP contribution in [-0.4, -0.2) is 11.9 Å². The fraction of sp³-hybridized carbons (Fsp3) is 0.562. The van der Waals surface area contributed by atoms with E-state index in [-0.39, 0.29) is 11.9 Å². The van der Waals surface area contributed by atoms with Crippen molar-refractivity contribution >= 4 is 11.6 Å². The number of nitrogens with one attached hydrogen (secondary N) is 1. The summed E-state index contributed by atoms with van der Waals surface area (Å²) in [4.78, 5) is 12.3. The number of hydrogen-bond acceptors (Lipinski definition) is 2. The second kappa shape index (κ2) is 6.09. The minimum absolute atomic E-state index is 0.0237. The van der Waals surface area contributed by atoms with Gasteiger partial charge >= 0.3 is 0 Å². The van der Waals surface area contributed by atoms with Crippen molar-refractivity contribution < 1.29 is 4.79 Å². The largest absolute Gasteiger partial charge is 0.399 e. The molecule has 3 nitrogen and oxygen atoms in total. The molecule has 104 valence electrons. The molecule has 1 atom stereocenters. The summed E-state index contributed by atoms with van der Waals surface area (Å²) in [6.45, 7) is 4.05. The van der Waals surface area contributed by atoms with Gasteiger partial charge in [-0.2, -0.15) is 0 Å². The van der Waals surface area contributed by atoms with Crippen LogP contribution in [-0.2, 0) is 0 Å². The van der Waals surface area contributed by atoms with Crippen molar-refractivity contribution in [2.24, 2.45) is 5.92 Å². The number of aryl methyl sites for hydroxylation is 1. The molecule has 3 heteroatoms. The molecule has 0 aromatic heterocycles. The van der Waals surface area contributed by atoms with Crippen molar-refractivity contribution in [3.8, 4) is 0 Å². The van der Waals surface area contributed by atoms with E-state index in [0.717, 1.165) is 11.1 Å². The zero-order valence-electron chi connectivity index (χ0n) is 11.9. The first-order valence-electron chi connectivity index (χ1n) is 7.25. The van der Waals surface area contributed by atoms with Gasteiger partial charge in [-0.25, -0.2) is 0 Å². The predicted molar refractivity (Wildman–Crippen MR) is 79.1 cm³/mol. The van der Waals surface area contributed by atoms with Crippen molar-refractivity contribution in [2.45, 2.75) is 52.0 Å². The molecule has 3 N–H and O–H groups in total. The lowest BCUT2D eigenvalue weighted by atomic mass is 9.84. The summed E-state index contributed by atoms with van der Waals surface area (Å²) in [6, 6.07) is 5.70. The van der Waals surface area contributed by atoms with Crippen LogP contribution < -0.4 is 11.1 Å². The fourth-order valence-electron chi connectivity index (χ4n) is 2.98. The molecule has 1 aromatic carbocycles. The van der Waals surface area contributed by atoms with Gasteiger partial charge in [0.25, 0.3) is 5.91 Å². The first kappa shape index (κ1) is 13.9. The first-order valence-corrected chi connectivity index (χ1v) is 7.25. The number of nitrogen functional groups attached to an aromatic ring is 1. The van der Waals surface area contributed by atoms with E-state index in [1.165, 1.54) is 32.1 Å². The highest BCUT2D eigenvalue weighted by Gasteiger charge is 2.22. The van der Waals surface area contributed by atoms with E-state index in [4.69, 9.17) is 5.73 Å². The normalized spacial score (nSPS) is 18.0. The molecule has 1 unspecified atom stereocenters. The van der Waals surface area contributed by atoms with Gasteiger partial charge in [0.2, 0.25) is 0 Å². The van der Waals surface area contributed by atoms with Crippen LogP contribution in [0.1, 0.15) is 54.9 Å².